The Morgan fingerprint density at radius 2 is 2.25 bits per heavy atom. The van der Waals surface area contributed by atoms with Crippen molar-refractivity contribution >= 4 is 9.24 Å². The molecule has 0 aromatic carbocycles. The summed E-state index contributed by atoms with van der Waals surface area (Å²) in [6, 6.07) is 0. The predicted molar refractivity (Wildman–Crippen MR) is 40.0 cm³/mol. The molecular formula is C6H14NP. The van der Waals surface area contributed by atoms with E-state index in [1.807, 2.05) is 0 Å². The summed E-state index contributed by atoms with van der Waals surface area (Å²) in [4.78, 5) is 2.40. The molecular weight excluding hydrogens is 117 g/mol. The van der Waals surface area contributed by atoms with Crippen LogP contribution in [0, 0.1) is 0 Å². The first-order valence-electron chi connectivity index (χ1n) is 3.26. The highest BCUT2D eigenvalue weighted by Gasteiger charge is 2.12. The van der Waals surface area contributed by atoms with Gasteiger partial charge in [0.2, 0.25) is 0 Å². The normalized spacial score (nSPS) is 33.0. The molecule has 0 aromatic heterocycles. The molecule has 2 heteroatoms. The number of nitrogens with zero attached hydrogens (tertiary/aromatic N) is 1. The van der Waals surface area contributed by atoms with E-state index in [1.54, 1.807) is 0 Å². The van der Waals surface area contributed by atoms with Gasteiger partial charge in [-0.3, -0.25) is 0 Å². The molecule has 2 unspecified atom stereocenters. The van der Waals surface area contributed by atoms with Gasteiger partial charge < -0.3 is 4.90 Å². The summed E-state index contributed by atoms with van der Waals surface area (Å²) in [7, 11) is 5.06. The minimum absolute atomic E-state index is 0.753. The molecule has 1 rings (SSSR count). The summed E-state index contributed by atoms with van der Waals surface area (Å²) in [5, 5.41) is 0. The van der Waals surface area contributed by atoms with Gasteiger partial charge in [-0.15, -0.1) is 9.24 Å². The van der Waals surface area contributed by atoms with Crippen molar-refractivity contribution in [2.24, 2.45) is 0 Å². The van der Waals surface area contributed by atoms with E-state index in [1.165, 1.54) is 25.8 Å². The second-order valence-corrected chi connectivity index (χ2v) is 3.31. The smallest absolute Gasteiger partial charge is 0.0236 e. The minimum Gasteiger partial charge on any atom is -0.300 e. The Hall–Kier alpha value is 0.390. The van der Waals surface area contributed by atoms with E-state index >= 15 is 0 Å². The molecule has 0 spiro atoms. The van der Waals surface area contributed by atoms with Crippen LogP contribution < -0.4 is 0 Å². The molecule has 1 aliphatic heterocycles. The molecule has 8 heavy (non-hydrogen) atoms. The first-order valence-corrected chi connectivity index (χ1v) is 3.93. The maximum absolute atomic E-state index is 2.87. The average molecular weight is 131 g/mol. The van der Waals surface area contributed by atoms with E-state index in [2.05, 4.69) is 21.2 Å². The zero-order valence-electron chi connectivity index (χ0n) is 5.43. The quantitative estimate of drug-likeness (QED) is 0.448. The molecule has 1 saturated heterocycles. The zero-order chi connectivity index (χ0) is 5.98. The van der Waals surface area contributed by atoms with Crippen LogP contribution in [-0.2, 0) is 0 Å². The Kier molecular flexibility index (Phi) is 2.27. The Morgan fingerprint density at radius 3 is 2.62 bits per heavy atom. The molecule has 0 aromatic rings. The molecule has 1 fully saturated rings. The second-order valence-electron chi connectivity index (χ2n) is 2.54. The van der Waals surface area contributed by atoms with E-state index in [0.29, 0.717) is 0 Å². The lowest BCUT2D eigenvalue weighted by molar-refractivity contribution is 0.251. The van der Waals surface area contributed by atoms with E-state index in [4.69, 9.17) is 0 Å². The molecule has 0 amide bonds. The van der Waals surface area contributed by atoms with Crippen molar-refractivity contribution in [3.05, 3.63) is 0 Å². The summed E-state index contributed by atoms with van der Waals surface area (Å²) in [5.74, 6) is 0.753. The van der Waals surface area contributed by atoms with E-state index in [-0.39, 0.29) is 0 Å². The third kappa shape index (κ3) is 1.43. The lowest BCUT2D eigenvalue weighted by atomic mass is 10.1. The average Bonchev–Trinajstić information content (AvgIpc) is 1.77. The van der Waals surface area contributed by atoms with Crippen LogP contribution in [0.25, 0.3) is 0 Å². The molecule has 1 heterocycles. The van der Waals surface area contributed by atoms with Crippen LogP contribution in [-0.4, -0.2) is 24.3 Å². The Balaban J connectivity index is 2.28. The van der Waals surface area contributed by atoms with Gasteiger partial charge in [0, 0.05) is 5.78 Å². The Labute approximate surface area is 53.6 Å². The molecule has 1 nitrogen and oxygen atoms in total. The van der Waals surface area contributed by atoms with Gasteiger partial charge in [-0.05, 0) is 26.4 Å². The standard InChI is InChI=1S/C6H14NP/c1-7-5-3-2-4-6(7)8/h6H,2-5,8H2,1H3. The highest BCUT2D eigenvalue weighted by atomic mass is 31.0. The number of piperidine rings is 1. The van der Waals surface area contributed by atoms with Gasteiger partial charge >= 0.3 is 0 Å². The van der Waals surface area contributed by atoms with Gasteiger partial charge in [0.15, 0.2) is 0 Å². The predicted octanol–water partition coefficient (Wildman–Crippen LogP) is 1.30. The lowest BCUT2D eigenvalue weighted by Crippen LogP contribution is -2.31. The third-order valence-electron chi connectivity index (χ3n) is 1.83. The van der Waals surface area contributed by atoms with E-state index < -0.39 is 0 Å². The molecule has 0 radical (unpaired) electrons. The Bertz CT molecular complexity index is 64.9. The van der Waals surface area contributed by atoms with Gasteiger partial charge in [0.1, 0.15) is 0 Å². The van der Waals surface area contributed by atoms with E-state index in [9.17, 15) is 0 Å². The van der Waals surface area contributed by atoms with Crippen LogP contribution in [0.5, 0.6) is 0 Å². The largest absolute Gasteiger partial charge is 0.300 e. The van der Waals surface area contributed by atoms with Gasteiger partial charge in [0.25, 0.3) is 0 Å². The fourth-order valence-corrected chi connectivity index (χ4v) is 1.49. The van der Waals surface area contributed by atoms with Crippen LogP contribution in [0.15, 0.2) is 0 Å². The van der Waals surface area contributed by atoms with Gasteiger partial charge in [-0.2, -0.15) is 0 Å². The van der Waals surface area contributed by atoms with Crippen molar-refractivity contribution in [2.75, 3.05) is 13.6 Å². The first kappa shape index (κ1) is 6.51. The maximum Gasteiger partial charge on any atom is 0.0236 e. The highest BCUT2D eigenvalue weighted by Crippen LogP contribution is 2.18. The van der Waals surface area contributed by atoms with Crippen LogP contribution in [0.2, 0.25) is 0 Å². The maximum atomic E-state index is 2.87. The first-order chi connectivity index (χ1) is 3.80. The fraction of sp³-hybridized carbons (Fsp3) is 1.00. The van der Waals surface area contributed by atoms with Gasteiger partial charge in [-0.25, -0.2) is 0 Å². The summed E-state index contributed by atoms with van der Waals surface area (Å²) in [6.07, 6.45) is 4.17. The van der Waals surface area contributed by atoms with Crippen LogP contribution in [0.3, 0.4) is 0 Å². The topological polar surface area (TPSA) is 3.24 Å². The number of rotatable bonds is 0. The molecule has 0 N–H and O–H groups in total. The lowest BCUT2D eigenvalue weighted by Gasteiger charge is -2.28. The van der Waals surface area contributed by atoms with Crippen molar-refractivity contribution in [2.45, 2.75) is 25.0 Å². The van der Waals surface area contributed by atoms with Crippen LogP contribution in [0.4, 0.5) is 0 Å². The van der Waals surface area contributed by atoms with E-state index in [0.717, 1.165) is 5.78 Å². The molecule has 1 aliphatic rings. The molecule has 0 aliphatic carbocycles. The molecule has 2 atom stereocenters. The summed E-state index contributed by atoms with van der Waals surface area (Å²) in [6.45, 7) is 1.29. The van der Waals surface area contributed by atoms with Crippen molar-refractivity contribution in [3.63, 3.8) is 0 Å². The van der Waals surface area contributed by atoms with Crippen molar-refractivity contribution in [1.82, 2.24) is 4.90 Å². The zero-order valence-corrected chi connectivity index (χ0v) is 6.59. The van der Waals surface area contributed by atoms with Crippen molar-refractivity contribution in [1.29, 1.82) is 0 Å². The number of hydrogen-bond acceptors (Lipinski definition) is 1. The van der Waals surface area contributed by atoms with Gasteiger partial charge in [-0.1, -0.05) is 6.42 Å². The summed E-state index contributed by atoms with van der Waals surface area (Å²) in [5.41, 5.74) is 0. The molecule has 48 valence electrons. The Morgan fingerprint density at radius 1 is 1.50 bits per heavy atom. The number of hydrogen-bond donors (Lipinski definition) is 0. The SMILES string of the molecule is CN1CCCCC1P. The number of likely N-dealkylation sites (tertiary alicyclic amines) is 1. The second kappa shape index (κ2) is 2.80. The van der Waals surface area contributed by atoms with Crippen LogP contribution in [0.1, 0.15) is 19.3 Å². The van der Waals surface area contributed by atoms with Crippen molar-refractivity contribution < 1.29 is 0 Å². The summed E-state index contributed by atoms with van der Waals surface area (Å²) < 4.78 is 0. The monoisotopic (exact) mass is 131 g/mol. The molecule has 0 saturated carbocycles. The summed E-state index contributed by atoms with van der Waals surface area (Å²) >= 11 is 0. The fourth-order valence-electron chi connectivity index (χ4n) is 1.10. The van der Waals surface area contributed by atoms with Gasteiger partial charge in [0.05, 0.1) is 0 Å². The molecule has 0 bridgehead atoms. The minimum atomic E-state index is 0.753. The van der Waals surface area contributed by atoms with Crippen LogP contribution >= 0.6 is 9.24 Å². The third-order valence-corrected chi connectivity index (χ3v) is 2.67. The highest BCUT2D eigenvalue weighted by molar-refractivity contribution is 7.17. The van der Waals surface area contributed by atoms with Crippen molar-refractivity contribution in [3.8, 4) is 0 Å².